The smallest absolute Gasteiger partial charge is 0.282 e. The van der Waals surface area contributed by atoms with Gasteiger partial charge in [-0.1, -0.05) is 0 Å². The molecule has 0 aromatic heterocycles. The van der Waals surface area contributed by atoms with Crippen LogP contribution in [0.2, 0.25) is 0 Å². The molecule has 0 heterocycles. The quantitative estimate of drug-likeness (QED) is 0.335. The zero-order valence-electron chi connectivity index (χ0n) is 11.0. The van der Waals surface area contributed by atoms with Crippen molar-refractivity contribution in [1.82, 2.24) is 5.32 Å². The van der Waals surface area contributed by atoms with Gasteiger partial charge in [0.15, 0.2) is 0 Å². The van der Waals surface area contributed by atoms with Crippen molar-refractivity contribution >= 4 is 23.2 Å². The van der Waals surface area contributed by atoms with Crippen LogP contribution < -0.4 is 22.3 Å². The van der Waals surface area contributed by atoms with E-state index in [1.807, 2.05) is 0 Å². The minimum absolute atomic E-state index is 0.222. The molecule has 0 aliphatic carbocycles. The fraction of sp³-hybridized carbons (Fsp3) is 0.273. The summed E-state index contributed by atoms with van der Waals surface area (Å²) in [6, 6.07) is 3.71. The largest absolute Gasteiger partial charge is 0.368 e. The van der Waals surface area contributed by atoms with Crippen molar-refractivity contribution in [2.75, 3.05) is 5.43 Å². The van der Waals surface area contributed by atoms with Crippen LogP contribution in [0.3, 0.4) is 0 Å². The molecule has 0 bridgehead atoms. The number of nitrogen functional groups attached to an aromatic ring is 1. The second-order valence-corrected chi connectivity index (χ2v) is 4.58. The number of hydrogen-bond acceptors (Lipinski definition) is 6. The number of nitrogens with one attached hydrogen (secondary N) is 2. The summed E-state index contributed by atoms with van der Waals surface area (Å²) in [4.78, 5) is 33.4. The third-order valence-corrected chi connectivity index (χ3v) is 2.65. The highest BCUT2D eigenvalue weighted by molar-refractivity contribution is 6.02. The Bertz CT molecular complexity index is 570. The van der Waals surface area contributed by atoms with Gasteiger partial charge in [0.05, 0.1) is 4.92 Å². The lowest BCUT2D eigenvalue weighted by atomic mass is 10.0. The second kappa shape index (κ2) is 5.53. The van der Waals surface area contributed by atoms with Crippen LogP contribution in [0.25, 0.3) is 0 Å². The predicted octanol–water partition coefficient (Wildman–Crippen LogP) is -0.126. The molecule has 0 saturated heterocycles. The number of rotatable bonds is 5. The molecule has 0 aliphatic rings. The first-order chi connectivity index (χ1) is 9.19. The summed E-state index contributed by atoms with van der Waals surface area (Å²) in [6.45, 7) is 2.79. The normalized spacial score (nSPS) is 10.8. The number of amides is 2. The van der Waals surface area contributed by atoms with Crippen LogP contribution in [0.4, 0.5) is 11.4 Å². The molecular weight excluding hydrogens is 266 g/mol. The lowest BCUT2D eigenvalue weighted by Gasteiger charge is -2.22. The summed E-state index contributed by atoms with van der Waals surface area (Å²) in [5.74, 6) is 3.64. The highest BCUT2D eigenvalue weighted by atomic mass is 16.6. The number of carbonyl (C=O) groups is 2. The molecule has 6 N–H and O–H groups in total. The second-order valence-electron chi connectivity index (χ2n) is 4.58. The van der Waals surface area contributed by atoms with Crippen molar-refractivity contribution in [1.29, 1.82) is 0 Å². The van der Waals surface area contributed by atoms with Gasteiger partial charge in [-0.15, -0.1) is 0 Å². The molecule has 0 atom stereocenters. The van der Waals surface area contributed by atoms with E-state index < -0.39 is 28.0 Å². The lowest BCUT2D eigenvalue weighted by Crippen LogP contribution is -2.53. The van der Waals surface area contributed by atoms with E-state index in [2.05, 4.69) is 10.7 Å². The van der Waals surface area contributed by atoms with Gasteiger partial charge in [-0.2, -0.15) is 0 Å². The molecule has 9 heteroatoms. The molecule has 0 radical (unpaired) electrons. The zero-order valence-corrected chi connectivity index (χ0v) is 11.0. The van der Waals surface area contributed by atoms with Gasteiger partial charge in [0, 0.05) is 11.8 Å². The number of carbonyl (C=O) groups excluding carboxylic acids is 2. The molecule has 108 valence electrons. The highest BCUT2D eigenvalue weighted by Gasteiger charge is 2.30. The lowest BCUT2D eigenvalue weighted by molar-refractivity contribution is -0.385. The Hall–Kier alpha value is -2.68. The molecule has 20 heavy (non-hydrogen) atoms. The highest BCUT2D eigenvalue weighted by Crippen LogP contribution is 2.22. The third kappa shape index (κ3) is 3.20. The van der Waals surface area contributed by atoms with Crippen molar-refractivity contribution in [3.05, 3.63) is 33.9 Å². The Morgan fingerprint density at radius 2 is 1.95 bits per heavy atom. The van der Waals surface area contributed by atoms with Gasteiger partial charge in [0.2, 0.25) is 5.91 Å². The predicted molar refractivity (Wildman–Crippen MR) is 71.6 cm³/mol. The first-order valence-electron chi connectivity index (χ1n) is 5.56. The van der Waals surface area contributed by atoms with Gasteiger partial charge in [-0.05, 0) is 26.0 Å². The van der Waals surface area contributed by atoms with Crippen LogP contribution in [-0.4, -0.2) is 22.3 Å². The number of nitro benzene ring substituents is 1. The molecule has 2 amide bonds. The SMILES string of the molecule is CC(C)(NC(=O)c1cc(NN)ccc1[N+](=O)[O-])C(N)=O. The van der Waals surface area contributed by atoms with Crippen molar-refractivity contribution in [3.63, 3.8) is 0 Å². The van der Waals surface area contributed by atoms with Crippen molar-refractivity contribution in [2.45, 2.75) is 19.4 Å². The van der Waals surface area contributed by atoms with E-state index in [1.54, 1.807) is 0 Å². The first kappa shape index (κ1) is 15.4. The number of hydrogen-bond donors (Lipinski definition) is 4. The molecule has 1 aromatic carbocycles. The van der Waals surface area contributed by atoms with Crippen molar-refractivity contribution in [2.24, 2.45) is 11.6 Å². The fourth-order valence-corrected chi connectivity index (χ4v) is 1.38. The topological polar surface area (TPSA) is 153 Å². The van der Waals surface area contributed by atoms with E-state index in [-0.39, 0.29) is 5.56 Å². The summed E-state index contributed by atoms with van der Waals surface area (Å²) in [6.07, 6.45) is 0. The minimum Gasteiger partial charge on any atom is -0.368 e. The Balaban J connectivity index is 3.20. The molecule has 1 rings (SSSR count). The Morgan fingerprint density at radius 3 is 2.40 bits per heavy atom. The molecule has 0 spiro atoms. The van der Waals surface area contributed by atoms with Gasteiger partial charge in [-0.25, -0.2) is 0 Å². The number of nitrogens with two attached hydrogens (primary N) is 2. The number of hydrazine groups is 1. The van der Waals surface area contributed by atoms with E-state index in [4.69, 9.17) is 11.6 Å². The van der Waals surface area contributed by atoms with E-state index in [0.29, 0.717) is 5.69 Å². The average Bonchev–Trinajstić information content (AvgIpc) is 2.37. The third-order valence-electron chi connectivity index (χ3n) is 2.65. The Kier molecular flexibility index (Phi) is 4.25. The zero-order chi connectivity index (χ0) is 15.5. The van der Waals surface area contributed by atoms with Gasteiger partial charge >= 0.3 is 0 Å². The maximum absolute atomic E-state index is 12.1. The summed E-state index contributed by atoms with van der Waals surface area (Å²) in [5, 5.41) is 13.2. The molecule has 0 fully saturated rings. The molecule has 1 aromatic rings. The number of anilines is 1. The van der Waals surface area contributed by atoms with E-state index >= 15 is 0 Å². The average molecular weight is 281 g/mol. The van der Waals surface area contributed by atoms with E-state index in [9.17, 15) is 19.7 Å². The summed E-state index contributed by atoms with van der Waals surface area (Å²) < 4.78 is 0. The van der Waals surface area contributed by atoms with Gasteiger partial charge in [0.1, 0.15) is 11.1 Å². The standard InChI is InChI=1S/C11H15N5O4/c1-11(2,10(12)18)14-9(17)7-5-6(15-13)3-4-8(7)16(19)20/h3-5,15H,13H2,1-2H3,(H2,12,18)(H,14,17). The Labute approximate surface area is 114 Å². The van der Waals surface area contributed by atoms with Gasteiger partial charge in [0.25, 0.3) is 11.6 Å². The van der Waals surface area contributed by atoms with Crippen LogP contribution >= 0.6 is 0 Å². The van der Waals surface area contributed by atoms with Gasteiger partial charge < -0.3 is 16.5 Å². The molecule has 9 nitrogen and oxygen atoms in total. The number of benzene rings is 1. The fourth-order valence-electron chi connectivity index (χ4n) is 1.38. The Morgan fingerprint density at radius 1 is 1.35 bits per heavy atom. The van der Waals surface area contributed by atoms with E-state index in [1.165, 1.54) is 26.0 Å². The monoisotopic (exact) mass is 281 g/mol. The molecule has 0 unspecified atom stereocenters. The van der Waals surface area contributed by atoms with Crippen LogP contribution in [0.5, 0.6) is 0 Å². The number of nitrogens with zero attached hydrogens (tertiary/aromatic N) is 1. The molecular formula is C11H15N5O4. The molecule has 0 aliphatic heterocycles. The summed E-state index contributed by atoms with van der Waals surface area (Å²) in [7, 11) is 0. The van der Waals surface area contributed by atoms with Crippen LogP contribution in [0.15, 0.2) is 18.2 Å². The minimum atomic E-state index is -1.34. The van der Waals surface area contributed by atoms with E-state index in [0.717, 1.165) is 6.07 Å². The summed E-state index contributed by atoms with van der Waals surface area (Å²) >= 11 is 0. The molecule has 0 saturated carbocycles. The number of nitro groups is 1. The maximum atomic E-state index is 12.1. The maximum Gasteiger partial charge on any atom is 0.282 e. The van der Waals surface area contributed by atoms with Gasteiger partial charge in [-0.3, -0.25) is 25.5 Å². The number of primary amides is 1. The van der Waals surface area contributed by atoms with Crippen LogP contribution in [0, 0.1) is 10.1 Å². The van der Waals surface area contributed by atoms with Crippen molar-refractivity contribution < 1.29 is 14.5 Å². The van der Waals surface area contributed by atoms with Crippen molar-refractivity contribution in [3.8, 4) is 0 Å². The van der Waals surface area contributed by atoms with Crippen LogP contribution in [-0.2, 0) is 4.79 Å². The summed E-state index contributed by atoms with van der Waals surface area (Å²) in [5.41, 5.74) is 5.77. The first-order valence-corrected chi connectivity index (χ1v) is 5.56. The van der Waals surface area contributed by atoms with Crippen LogP contribution in [0.1, 0.15) is 24.2 Å².